The van der Waals surface area contributed by atoms with Crippen molar-refractivity contribution in [2.45, 2.75) is 35.6 Å². The number of hydrogen-bond acceptors (Lipinski definition) is 2. The summed E-state index contributed by atoms with van der Waals surface area (Å²) in [4.78, 5) is 0. The molecule has 2 nitrogen and oxygen atoms in total. The molecule has 0 amide bonds. The van der Waals surface area contributed by atoms with Crippen LogP contribution in [0.4, 0.5) is 0 Å². The summed E-state index contributed by atoms with van der Waals surface area (Å²) in [6.07, 6.45) is 2.50. The molecule has 0 N–H and O–H groups in total. The van der Waals surface area contributed by atoms with Crippen LogP contribution >= 0.6 is 0 Å². The van der Waals surface area contributed by atoms with Crippen molar-refractivity contribution in [3.63, 3.8) is 0 Å². The van der Waals surface area contributed by atoms with E-state index in [1.807, 2.05) is 0 Å². The van der Waals surface area contributed by atoms with Crippen molar-refractivity contribution >= 4 is 19.2 Å². The summed E-state index contributed by atoms with van der Waals surface area (Å²) in [6, 6.07) is 0. The van der Waals surface area contributed by atoms with E-state index in [4.69, 9.17) is 6.15 Å². The molecule has 0 aromatic carbocycles. The summed E-state index contributed by atoms with van der Waals surface area (Å²) >= 11 is -2.46. The van der Waals surface area contributed by atoms with Crippen molar-refractivity contribution in [2.75, 3.05) is 14.2 Å². The van der Waals surface area contributed by atoms with E-state index in [-0.39, 0.29) is 0 Å². The Balaban J connectivity index is 3.84. The third-order valence-corrected chi connectivity index (χ3v) is 12.7. The zero-order chi connectivity index (χ0) is 8.74. The molecule has 0 aliphatic carbocycles. The predicted molar refractivity (Wildman–Crippen MR) is 50.0 cm³/mol. The Labute approximate surface area is 75.2 Å². The Morgan fingerprint density at radius 3 is 1.91 bits per heavy atom. The van der Waals surface area contributed by atoms with Crippen LogP contribution in [0.15, 0.2) is 0 Å². The molecular weight excluding hydrogens is 247 g/mol. The van der Waals surface area contributed by atoms with Crippen LogP contribution in [0.5, 0.6) is 0 Å². The zero-order valence-electron chi connectivity index (χ0n) is 8.14. The normalized spacial score (nSPS) is 12.0. The minimum atomic E-state index is -2.46. The Morgan fingerprint density at radius 1 is 1.09 bits per heavy atom. The van der Waals surface area contributed by atoms with Gasteiger partial charge in [0, 0.05) is 0 Å². The van der Waals surface area contributed by atoms with Crippen LogP contribution in [0, 0.1) is 0 Å². The van der Waals surface area contributed by atoms with Crippen molar-refractivity contribution < 1.29 is 6.15 Å². The third kappa shape index (κ3) is 3.76. The van der Waals surface area contributed by atoms with Gasteiger partial charge in [0.15, 0.2) is 0 Å². The van der Waals surface area contributed by atoms with Crippen molar-refractivity contribution in [3.05, 3.63) is 0 Å². The van der Waals surface area contributed by atoms with Crippen molar-refractivity contribution in [1.29, 1.82) is 0 Å². The third-order valence-electron chi connectivity index (χ3n) is 2.19. The minimum absolute atomic E-state index is 1.13. The molecule has 11 heavy (non-hydrogen) atoms. The Morgan fingerprint density at radius 2 is 1.64 bits per heavy atom. The second-order valence-electron chi connectivity index (χ2n) is 2.78. The van der Waals surface area contributed by atoms with E-state index in [1.165, 1.54) is 17.3 Å². The van der Waals surface area contributed by atoms with Gasteiger partial charge in [-0.1, -0.05) is 0 Å². The molecule has 0 saturated carbocycles. The maximum atomic E-state index is 5.53. The fraction of sp³-hybridized carbons (Fsp3) is 1.00. The molecule has 0 bridgehead atoms. The molecule has 0 unspecified atom stereocenters. The second-order valence-corrected chi connectivity index (χ2v) is 13.7. The van der Waals surface area contributed by atoms with Crippen LogP contribution in [-0.4, -0.2) is 33.4 Å². The maximum absolute atomic E-state index is 5.53. The van der Waals surface area contributed by atoms with E-state index < -0.39 is 19.2 Å². The first-order valence-corrected chi connectivity index (χ1v) is 10.7. The van der Waals surface area contributed by atoms with Gasteiger partial charge in [0.1, 0.15) is 0 Å². The topological polar surface area (TPSA) is 18.5 Å². The van der Waals surface area contributed by atoms with Crippen LogP contribution in [0.1, 0.15) is 26.7 Å². The first-order valence-electron chi connectivity index (χ1n) is 4.35. The summed E-state index contributed by atoms with van der Waals surface area (Å²) < 4.78 is 13.4. The molecule has 0 atom stereocenters. The Bertz CT molecular complexity index is 83.8. The molecule has 3 heteroatoms. The van der Waals surface area contributed by atoms with Gasteiger partial charge in [0.25, 0.3) is 0 Å². The van der Waals surface area contributed by atoms with E-state index in [2.05, 4.69) is 13.8 Å². The average Bonchev–Trinajstić information content (AvgIpc) is 2.08. The molecule has 0 aromatic rings. The molecule has 0 aliphatic heterocycles. The summed E-state index contributed by atoms with van der Waals surface area (Å²) in [6.45, 7) is 4.39. The molecule has 0 aromatic heterocycles. The SMILES string of the molecule is CCC[CH2][Sn]([CH2]C)([O]C)[O]C. The van der Waals surface area contributed by atoms with Crippen LogP contribution in [-0.2, 0) is 6.15 Å². The molecule has 0 fully saturated rings. The van der Waals surface area contributed by atoms with Gasteiger partial charge in [-0.3, -0.25) is 0 Å². The molecule has 0 spiro atoms. The fourth-order valence-electron chi connectivity index (χ4n) is 1.20. The Kier molecular flexibility index (Phi) is 6.67. The second kappa shape index (κ2) is 6.26. The first kappa shape index (κ1) is 11.7. The molecule has 0 saturated heterocycles. The van der Waals surface area contributed by atoms with Gasteiger partial charge >= 0.3 is 75.1 Å². The van der Waals surface area contributed by atoms with Crippen LogP contribution in [0.25, 0.3) is 0 Å². The first-order chi connectivity index (χ1) is 5.24. The van der Waals surface area contributed by atoms with Gasteiger partial charge in [-0.2, -0.15) is 0 Å². The monoisotopic (exact) mass is 268 g/mol. The molecule has 0 radical (unpaired) electrons. The van der Waals surface area contributed by atoms with Gasteiger partial charge in [0.05, 0.1) is 0 Å². The van der Waals surface area contributed by atoms with Gasteiger partial charge in [0.2, 0.25) is 0 Å². The summed E-state index contributed by atoms with van der Waals surface area (Å²) in [7, 11) is 3.61. The standard InChI is InChI=1S/C4H9.C2H5.2CH3O.Sn/c1-3-4-2;3*1-2;/h1,3-4H2,2H3;1H2,2H3;2*1H3;/q;;2*-1;+2. The van der Waals surface area contributed by atoms with E-state index >= 15 is 0 Å². The predicted octanol–water partition coefficient (Wildman–Crippen LogP) is 2.54. The summed E-state index contributed by atoms with van der Waals surface area (Å²) in [5.41, 5.74) is 0. The van der Waals surface area contributed by atoms with Crippen molar-refractivity contribution in [2.24, 2.45) is 0 Å². The van der Waals surface area contributed by atoms with Crippen LogP contribution < -0.4 is 0 Å². The zero-order valence-corrected chi connectivity index (χ0v) is 11.0. The van der Waals surface area contributed by atoms with Gasteiger partial charge in [-0.05, 0) is 0 Å². The molecule has 0 heterocycles. The quantitative estimate of drug-likeness (QED) is 0.688. The van der Waals surface area contributed by atoms with E-state index in [0.29, 0.717) is 0 Å². The molecule has 68 valence electrons. The average molecular weight is 267 g/mol. The van der Waals surface area contributed by atoms with Crippen molar-refractivity contribution in [1.82, 2.24) is 0 Å². The fourth-order valence-corrected chi connectivity index (χ4v) is 8.04. The Hall–Kier alpha value is 0.719. The number of hydrogen-bond donors (Lipinski definition) is 0. The summed E-state index contributed by atoms with van der Waals surface area (Å²) in [5, 5.41) is 0. The molecular formula is C8H20O2Sn. The van der Waals surface area contributed by atoms with Gasteiger partial charge in [-0.25, -0.2) is 0 Å². The van der Waals surface area contributed by atoms with Gasteiger partial charge < -0.3 is 0 Å². The summed E-state index contributed by atoms with van der Waals surface area (Å²) in [5.74, 6) is 0. The van der Waals surface area contributed by atoms with E-state index in [9.17, 15) is 0 Å². The van der Waals surface area contributed by atoms with Crippen LogP contribution in [0.2, 0.25) is 8.87 Å². The molecule has 0 rings (SSSR count). The van der Waals surface area contributed by atoms with Gasteiger partial charge in [-0.15, -0.1) is 0 Å². The number of unbranched alkanes of at least 4 members (excludes halogenated alkanes) is 1. The van der Waals surface area contributed by atoms with E-state index in [0.717, 1.165) is 4.44 Å². The van der Waals surface area contributed by atoms with Crippen LogP contribution in [0.3, 0.4) is 0 Å². The van der Waals surface area contributed by atoms with Crippen molar-refractivity contribution in [3.8, 4) is 0 Å². The number of rotatable bonds is 6. The molecule has 0 aliphatic rings. The van der Waals surface area contributed by atoms with E-state index in [1.54, 1.807) is 14.2 Å².